The predicted molar refractivity (Wildman–Crippen MR) is 69.5 cm³/mol. The van der Waals surface area contributed by atoms with Gasteiger partial charge in [-0.05, 0) is 5.92 Å². The van der Waals surface area contributed by atoms with Crippen molar-refractivity contribution in [2.75, 3.05) is 18.6 Å². The second kappa shape index (κ2) is 7.27. The van der Waals surface area contributed by atoms with E-state index in [-0.39, 0.29) is 4.83 Å². The number of amides is 1. The van der Waals surface area contributed by atoms with Crippen molar-refractivity contribution < 1.29 is 13.2 Å². The summed E-state index contributed by atoms with van der Waals surface area (Å²) in [5.41, 5.74) is 0. The Morgan fingerprint density at radius 2 is 1.81 bits per heavy atom. The Balaban J connectivity index is 4.01. The van der Waals surface area contributed by atoms with Crippen LogP contribution in [0.2, 0.25) is 0 Å². The van der Waals surface area contributed by atoms with Crippen LogP contribution in [0.15, 0.2) is 0 Å². The van der Waals surface area contributed by atoms with Crippen molar-refractivity contribution in [2.45, 2.75) is 31.5 Å². The molecular weight excluding hydrogens is 294 g/mol. The fourth-order valence-electron chi connectivity index (χ4n) is 1.47. The van der Waals surface area contributed by atoms with E-state index in [0.717, 1.165) is 19.1 Å². The quantitative estimate of drug-likeness (QED) is 0.722. The van der Waals surface area contributed by atoms with Crippen LogP contribution in [0, 0.1) is 5.92 Å². The van der Waals surface area contributed by atoms with Crippen molar-refractivity contribution in [3.8, 4) is 0 Å². The van der Waals surface area contributed by atoms with E-state index in [2.05, 4.69) is 35.1 Å². The van der Waals surface area contributed by atoms with Gasteiger partial charge >= 0.3 is 0 Å². The highest BCUT2D eigenvalue weighted by molar-refractivity contribution is 9.09. The van der Waals surface area contributed by atoms with E-state index in [1.807, 2.05) is 0 Å². The number of carbonyl (C=O) groups is 1. The monoisotopic (exact) mass is 313 g/mol. The lowest BCUT2D eigenvalue weighted by Crippen LogP contribution is -2.36. The Kier molecular flexibility index (Phi) is 7.22. The topological polar surface area (TPSA) is 63.2 Å². The minimum atomic E-state index is -3.23. The van der Waals surface area contributed by atoms with Gasteiger partial charge in [-0.15, -0.1) is 0 Å². The Morgan fingerprint density at radius 1 is 1.31 bits per heavy atom. The molecule has 96 valence electrons. The normalized spacial score (nSPS) is 13.8. The van der Waals surface area contributed by atoms with Gasteiger partial charge in [0.05, 0.1) is 0 Å². The number of hydrogen-bond donors (Lipinski definition) is 1. The number of rotatable bonds is 7. The van der Waals surface area contributed by atoms with Crippen molar-refractivity contribution in [1.82, 2.24) is 5.32 Å². The Hall–Kier alpha value is -0.100. The second-order valence-electron chi connectivity index (χ2n) is 3.97. The van der Waals surface area contributed by atoms with Crippen LogP contribution >= 0.6 is 15.9 Å². The van der Waals surface area contributed by atoms with Crippen molar-refractivity contribution in [2.24, 2.45) is 5.92 Å². The summed E-state index contributed by atoms with van der Waals surface area (Å²) in [6.45, 7) is 4.67. The molecule has 0 rings (SSSR count). The smallest absolute Gasteiger partial charge is 0.235 e. The van der Waals surface area contributed by atoms with Gasteiger partial charge in [-0.2, -0.15) is 0 Å². The van der Waals surface area contributed by atoms with Gasteiger partial charge in [0.2, 0.25) is 5.91 Å². The van der Waals surface area contributed by atoms with Crippen molar-refractivity contribution in [3.05, 3.63) is 0 Å². The first-order valence-corrected chi connectivity index (χ1v) is 8.36. The number of carbonyl (C=O) groups excluding carboxylic acids is 1. The summed E-state index contributed by atoms with van der Waals surface area (Å²) < 4.78 is 21.7. The van der Waals surface area contributed by atoms with Gasteiger partial charge in [-0.1, -0.05) is 42.6 Å². The highest BCUT2D eigenvalue weighted by Gasteiger charge is 2.17. The van der Waals surface area contributed by atoms with E-state index < -0.39 is 21.5 Å². The summed E-state index contributed by atoms with van der Waals surface area (Å²) in [6, 6.07) is 0. The van der Waals surface area contributed by atoms with Crippen LogP contribution in [0.4, 0.5) is 0 Å². The lowest BCUT2D eigenvalue weighted by Gasteiger charge is -2.19. The van der Waals surface area contributed by atoms with Crippen LogP contribution in [0.1, 0.15) is 26.7 Å². The average Bonchev–Trinajstić information content (AvgIpc) is 2.14. The van der Waals surface area contributed by atoms with E-state index in [4.69, 9.17) is 0 Å². The molecule has 0 aromatic carbocycles. The van der Waals surface area contributed by atoms with E-state index in [1.54, 1.807) is 0 Å². The zero-order chi connectivity index (χ0) is 12.8. The van der Waals surface area contributed by atoms with Gasteiger partial charge in [0.1, 0.15) is 5.75 Å². The average molecular weight is 314 g/mol. The fourth-order valence-corrected chi connectivity index (χ4v) is 2.96. The van der Waals surface area contributed by atoms with Crippen molar-refractivity contribution in [1.29, 1.82) is 0 Å². The molecule has 0 heterocycles. The molecule has 0 aliphatic rings. The molecule has 1 unspecified atom stereocenters. The lowest BCUT2D eigenvalue weighted by atomic mass is 9.99. The number of halogens is 1. The molecule has 0 fully saturated rings. The molecule has 0 bridgehead atoms. The molecule has 0 saturated heterocycles. The maximum atomic E-state index is 11.3. The van der Waals surface area contributed by atoms with E-state index in [9.17, 15) is 13.2 Å². The van der Waals surface area contributed by atoms with Crippen molar-refractivity contribution in [3.63, 3.8) is 0 Å². The minimum absolute atomic E-state index is 0.200. The first kappa shape index (κ1) is 15.9. The molecule has 4 nitrogen and oxygen atoms in total. The van der Waals surface area contributed by atoms with Crippen LogP contribution in [-0.2, 0) is 14.6 Å². The fraction of sp³-hybridized carbons (Fsp3) is 0.900. The molecule has 0 spiro atoms. The minimum Gasteiger partial charge on any atom is -0.354 e. The SMILES string of the molecule is CCC(CC)C(Br)CNC(=O)CS(C)(=O)=O. The molecule has 0 aromatic rings. The predicted octanol–water partition coefficient (Wildman–Crippen LogP) is 1.35. The summed E-state index contributed by atoms with van der Waals surface area (Å²) in [4.78, 5) is 11.5. The zero-order valence-electron chi connectivity index (χ0n) is 9.99. The van der Waals surface area contributed by atoms with Gasteiger partial charge in [0.15, 0.2) is 9.84 Å². The zero-order valence-corrected chi connectivity index (χ0v) is 12.4. The number of sulfone groups is 1. The largest absolute Gasteiger partial charge is 0.354 e. The van der Waals surface area contributed by atoms with Gasteiger partial charge in [-0.3, -0.25) is 4.79 Å². The van der Waals surface area contributed by atoms with Gasteiger partial charge in [0, 0.05) is 17.6 Å². The third-order valence-corrected chi connectivity index (χ3v) is 4.31. The standard InChI is InChI=1S/C10H20BrNO3S/c1-4-8(5-2)9(11)6-12-10(13)7-16(3,14)15/h8-9H,4-7H2,1-3H3,(H,12,13). The van der Waals surface area contributed by atoms with Crippen LogP contribution < -0.4 is 5.32 Å². The number of hydrogen-bond acceptors (Lipinski definition) is 3. The Bertz CT molecular complexity index is 312. The summed E-state index contributed by atoms with van der Waals surface area (Å²) in [5.74, 6) is -0.369. The van der Waals surface area contributed by atoms with Crippen LogP contribution in [0.3, 0.4) is 0 Å². The Labute approximate surface area is 106 Å². The molecule has 1 N–H and O–H groups in total. The van der Waals surface area contributed by atoms with Crippen LogP contribution in [0.5, 0.6) is 0 Å². The highest BCUT2D eigenvalue weighted by atomic mass is 79.9. The van der Waals surface area contributed by atoms with Gasteiger partial charge in [0.25, 0.3) is 0 Å². The maximum absolute atomic E-state index is 11.3. The molecule has 16 heavy (non-hydrogen) atoms. The molecule has 0 radical (unpaired) electrons. The van der Waals surface area contributed by atoms with Gasteiger partial charge in [-0.25, -0.2) is 8.42 Å². The summed E-state index contributed by atoms with van der Waals surface area (Å²) in [5, 5.41) is 2.62. The molecule has 0 aliphatic heterocycles. The summed E-state index contributed by atoms with van der Waals surface area (Å²) >= 11 is 3.51. The van der Waals surface area contributed by atoms with Crippen LogP contribution in [0.25, 0.3) is 0 Å². The Morgan fingerprint density at radius 3 is 2.19 bits per heavy atom. The molecular formula is C10H20BrNO3S. The van der Waals surface area contributed by atoms with E-state index >= 15 is 0 Å². The van der Waals surface area contributed by atoms with E-state index in [0.29, 0.717) is 12.5 Å². The molecule has 0 aromatic heterocycles. The number of alkyl halides is 1. The highest BCUT2D eigenvalue weighted by Crippen LogP contribution is 2.19. The molecule has 1 amide bonds. The number of nitrogens with one attached hydrogen (secondary N) is 1. The molecule has 1 atom stereocenters. The first-order valence-electron chi connectivity index (χ1n) is 5.38. The molecule has 0 aliphatic carbocycles. The van der Waals surface area contributed by atoms with Crippen LogP contribution in [-0.4, -0.2) is 37.7 Å². The lowest BCUT2D eigenvalue weighted by molar-refractivity contribution is -0.118. The second-order valence-corrected chi connectivity index (χ2v) is 7.28. The van der Waals surface area contributed by atoms with Gasteiger partial charge < -0.3 is 5.32 Å². The summed E-state index contributed by atoms with van der Waals surface area (Å²) in [6.07, 6.45) is 3.13. The third kappa shape index (κ3) is 7.22. The summed E-state index contributed by atoms with van der Waals surface area (Å²) in [7, 11) is -3.23. The first-order chi connectivity index (χ1) is 7.30. The maximum Gasteiger partial charge on any atom is 0.235 e. The molecule has 6 heteroatoms. The van der Waals surface area contributed by atoms with Crippen molar-refractivity contribution >= 4 is 31.7 Å². The van der Waals surface area contributed by atoms with E-state index in [1.165, 1.54) is 0 Å². The molecule has 0 saturated carbocycles. The third-order valence-electron chi connectivity index (χ3n) is 2.45.